The summed E-state index contributed by atoms with van der Waals surface area (Å²) in [5, 5.41) is 4.05. The summed E-state index contributed by atoms with van der Waals surface area (Å²) >= 11 is 0. The van der Waals surface area contributed by atoms with Crippen molar-refractivity contribution in [3.8, 4) is 0 Å². The minimum absolute atomic E-state index is 0.219. The van der Waals surface area contributed by atoms with Crippen molar-refractivity contribution in [1.82, 2.24) is 10.3 Å². The molecule has 0 bridgehead atoms. The van der Waals surface area contributed by atoms with Crippen LogP contribution in [0.3, 0.4) is 0 Å². The molecule has 0 saturated carbocycles. The molecule has 0 aliphatic heterocycles. The van der Waals surface area contributed by atoms with Crippen molar-refractivity contribution in [2.24, 2.45) is 0 Å². The van der Waals surface area contributed by atoms with E-state index in [0.29, 0.717) is 0 Å². The molecule has 2 aromatic rings. The summed E-state index contributed by atoms with van der Waals surface area (Å²) in [7, 11) is 0. The number of hydrogen-bond donors (Lipinski definition) is 1. The van der Waals surface area contributed by atoms with Gasteiger partial charge in [-0.25, -0.2) is 4.39 Å². The molecule has 78 valence electrons. The van der Waals surface area contributed by atoms with E-state index in [2.05, 4.69) is 17.2 Å². The molecule has 0 unspecified atom stereocenters. The van der Waals surface area contributed by atoms with E-state index in [0.717, 1.165) is 29.7 Å². The van der Waals surface area contributed by atoms with Gasteiger partial charge in [0.25, 0.3) is 0 Å². The van der Waals surface area contributed by atoms with Gasteiger partial charge in [-0.15, -0.1) is 0 Å². The highest BCUT2D eigenvalue weighted by Crippen LogP contribution is 2.13. The molecular weight excluding hydrogens is 191 g/mol. The van der Waals surface area contributed by atoms with E-state index >= 15 is 0 Å². The lowest BCUT2D eigenvalue weighted by Crippen LogP contribution is -2.12. The second-order valence-corrected chi connectivity index (χ2v) is 3.42. The van der Waals surface area contributed by atoms with Crippen LogP contribution < -0.4 is 5.32 Å². The molecule has 0 atom stereocenters. The molecule has 1 aromatic carbocycles. The third-order valence-corrected chi connectivity index (χ3v) is 2.27. The van der Waals surface area contributed by atoms with Crippen LogP contribution in [0, 0.1) is 5.82 Å². The van der Waals surface area contributed by atoms with Crippen molar-refractivity contribution in [2.75, 3.05) is 6.54 Å². The SMILES string of the molecule is CCNCc1ccc2cc(F)ccc2n1. The second kappa shape index (κ2) is 4.36. The third-order valence-electron chi connectivity index (χ3n) is 2.27. The Morgan fingerprint density at radius 2 is 2.13 bits per heavy atom. The molecular formula is C12H13FN2. The number of fused-ring (bicyclic) bond motifs is 1. The maximum absolute atomic E-state index is 12.9. The van der Waals surface area contributed by atoms with Gasteiger partial charge in [-0.05, 0) is 30.8 Å². The van der Waals surface area contributed by atoms with Crippen LogP contribution in [0.25, 0.3) is 10.9 Å². The van der Waals surface area contributed by atoms with Gasteiger partial charge in [-0.1, -0.05) is 13.0 Å². The molecule has 0 spiro atoms. The van der Waals surface area contributed by atoms with Crippen LogP contribution in [0.2, 0.25) is 0 Å². The Morgan fingerprint density at radius 1 is 1.27 bits per heavy atom. The molecule has 0 aliphatic rings. The minimum Gasteiger partial charge on any atom is -0.311 e. The zero-order chi connectivity index (χ0) is 10.7. The predicted octanol–water partition coefficient (Wildman–Crippen LogP) is 2.48. The fourth-order valence-corrected chi connectivity index (χ4v) is 1.49. The van der Waals surface area contributed by atoms with Gasteiger partial charge in [0.05, 0.1) is 11.2 Å². The van der Waals surface area contributed by atoms with E-state index < -0.39 is 0 Å². The van der Waals surface area contributed by atoms with Gasteiger partial charge in [-0.3, -0.25) is 4.98 Å². The van der Waals surface area contributed by atoms with Gasteiger partial charge in [0.15, 0.2) is 0 Å². The van der Waals surface area contributed by atoms with E-state index in [1.165, 1.54) is 12.1 Å². The van der Waals surface area contributed by atoms with Crippen LogP contribution in [0.1, 0.15) is 12.6 Å². The van der Waals surface area contributed by atoms with Crippen LogP contribution in [-0.2, 0) is 6.54 Å². The van der Waals surface area contributed by atoms with Crippen LogP contribution in [-0.4, -0.2) is 11.5 Å². The molecule has 2 rings (SSSR count). The molecule has 1 heterocycles. The first-order chi connectivity index (χ1) is 7.29. The number of rotatable bonds is 3. The molecule has 3 heteroatoms. The van der Waals surface area contributed by atoms with Gasteiger partial charge in [0.1, 0.15) is 5.82 Å². The predicted molar refractivity (Wildman–Crippen MR) is 59.1 cm³/mol. The lowest BCUT2D eigenvalue weighted by atomic mass is 10.2. The summed E-state index contributed by atoms with van der Waals surface area (Å²) in [5.74, 6) is -0.219. The summed E-state index contributed by atoms with van der Waals surface area (Å²) in [6.45, 7) is 3.73. The van der Waals surface area contributed by atoms with Gasteiger partial charge < -0.3 is 5.32 Å². The Hall–Kier alpha value is -1.48. The number of pyridine rings is 1. The molecule has 2 nitrogen and oxygen atoms in total. The summed E-state index contributed by atoms with van der Waals surface area (Å²) in [4.78, 5) is 4.42. The van der Waals surface area contributed by atoms with E-state index in [1.54, 1.807) is 6.07 Å². The average Bonchev–Trinajstić information content (AvgIpc) is 2.26. The normalized spacial score (nSPS) is 10.8. The fourth-order valence-electron chi connectivity index (χ4n) is 1.49. The highest BCUT2D eigenvalue weighted by Gasteiger charge is 1.99. The number of hydrogen-bond acceptors (Lipinski definition) is 2. The highest BCUT2D eigenvalue weighted by atomic mass is 19.1. The summed E-state index contributed by atoms with van der Waals surface area (Å²) < 4.78 is 12.9. The molecule has 0 radical (unpaired) electrons. The maximum atomic E-state index is 12.9. The molecule has 1 N–H and O–H groups in total. The number of benzene rings is 1. The highest BCUT2D eigenvalue weighted by molar-refractivity contribution is 5.78. The number of nitrogens with one attached hydrogen (secondary N) is 1. The first-order valence-electron chi connectivity index (χ1n) is 5.05. The van der Waals surface area contributed by atoms with E-state index in [-0.39, 0.29) is 5.82 Å². The quantitative estimate of drug-likeness (QED) is 0.830. The van der Waals surface area contributed by atoms with E-state index in [9.17, 15) is 4.39 Å². The van der Waals surface area contributed by atoms with Gasteiger partial charge in [0, 0.05) is 11.9 Å². The van der Waals surface area contributed by atoms with Crippen molar-refractivity contribution in [2.45, 2.75) is 13.5 Å². The molecule has 0 fully saturated rings. The first-order valence-corrected chi connectivity index (χ1v) is 5.05. The summed E-state index contributed by atoms with van der Waals surface area (Å²) in [6, 6.07) is 8.47. The zero-order valence-electron chi connectivity index (χ0n) is 8.63. The van der Waals surface area contributed by atoms with Gasteiger partial charge >= 0.3 is 0 Å². The van der Waals surface area contributed by atoms with Crippen molar-refractivity contribution < 1.29 is 4.39 Å². The number of aromatic nitrogens is 1. The Morgan fingerprint density at radius 3 is 2.93 bits per heavy atom. The lowest BCUT2D eigenvalue weighted by Gasteiger charge is -2.03. The largest absolute Gasteiger partial charge is 0.311 e. The minimum atomic E-state index is -0.219. The van der Waals surface area contributed by atoms with Crippen molar-refractivity contribution in [1.29, 1.82) is 0 Å². The topological polar surface area (TPSA) is 24.9 Å². The lowest BCUT2D eigenvalue weighted by molar-refractivity contribution is 0.629. The standard InChI is InChI=1S/C12H13FN2/c1-2-14-8-11-5-3-9-7-10(13)4-6-12(9)15-11/h3-7,14H,2,8H2,1H3. The first kappa shape index (κ1) is 10.1. The Bertz CT molecular complexity index is 468. The summed E-state index contributed by atoms with van der Waals surface area (Å²) in [6.07, 6.45) is 0. The van der Waals surface area contributed by atoms with Crippen molar-refractivity contribution >= 4 is 10.9 Å². The Balaban J connectivity index is 2.34. The second-order valence-electron chi connectivity index (χ2n) is 3.42. The third kappa shape index (κ3) is 2.30. The van der Waals surface area contributed by atoms with Crippen LogP contribution in [0.5, 0.6) is 0 Å². The Labute approximate surface area is 88.1 Å². The molecule has 0 amide bonds. The fraction of sp³-hybridized carbons (Fsp3) is 0.250. The smallest absolute Gasteiger partial charge is 0.123 e. The van der Waals surface area contributed by atoms with Crippen molar-refractivity contribution in [3.63, 3.8) is 0 Å². The number of halogens is 1. The van der Waals surface area contributed by atoms with Gasteiger partial charge in [0.2, 0.25) is 0 Å². The van der Waals surface area contributed by atoms with Crippen molar-refractivity contribution in [3.05, 3.63) is 41.8 Å². The van der Waals surface area contributed by atoms with Crippen LogP contribution in [0.4, 0.5) is 4.39 Å². The molecule has 0 saturated heterocycles. The molecule has 0 aliphatic carbocycles. The van der Waals surface area contributed by atoms with Gasteiger partial charge in [-0.2, -0.15) is 0 Å². The monoisotopic (exact) mass is 204 g/mol. The zero-order valence-corrected chi connectivity index (χ0v) is 8.63. The van der Waals surface area contributed by atoms with E-state index in [1.807, 2.05) is 12.1 Å². The summed E-state index contributed by atoms with van der Waals surface area (Å²) in [5.41, 5.74) is 1.82. The molecule has 1 aromatic heterocycles. The van der Waals surface area contributed by atoms with Crippen LogP contribution in [0.15, 0.2) is 30.3 Å². The van der Waals surface area contributed by atoms with E-state index in [4.69, 9.17) is 0 Å². The Kier molecular flexibility index (Phi) is 2.92. The molecule has 15 heavy (non-hydrogen) atoms. The maximum Gasteiger partial charge on any atom is 0.123 e. The van der Waals surface area contributed by atoms with Crippen LogP contribution >= 0.6 is 0 Å². The number of nitrogens with zero attached hydrogens (tertiary/aromatic N) is 1. The average molecular weight is 204 g/mol.